The Hall–Kier alpha value is -0.120. The van der Waals surface area contributed by atoms with Crippen molar-refractivity contribution in [2.75, 3.05) is 32.8 Å². The number of hydrogen-bond donors (Lipinski definition) is 1. The van der Waals surface area contributed by atoms with Crippen molar-refractivity contribution in [3.05, 3.63) is 0 Å². The highest BCUT2D eigenvalue weighted by molar-refractivity contribution is 4.87. The highest BCUT2D eigenvalue weighted by Gasteiger charge is 2.33. The molecule has 0 saturated carbocycles. The van der Waals surface area contributed by atoms with Gasteiger partial charge in [0.25, 0.3) is 0 Å². The molecule has 0 bridgehead atoms. The second-order valence-electron chi connectivity index (χ2n) is 6.30. The van der Waals surface area contributed by atoms with Crippen LogP contribution in [0.5, 0.6) is 0 Å². The lowest BCUT2D eigenvalue weighted by Crippen LogP contribution is -2.46. The number of hydrogen-bond acceptors (Lipinski definition) is 3. The van der Waals surface area contributed by atoms with E-state index in [9.17, 15) is 0 Å². The summed E-state index contributed by atoms with van der Waals surface area (Å²) in [4.78, 5) is 2.61. The second-order valence-corrected chi connectivity index (χ2v) is 6.30. The minimum absolute atomic E-state index is 0.117. The Kier molecular flexibility index (Phi) is 4.45. The quantitative estimate of drug-likeness (QED) is 0.815. The Balaban J connectivity index is 1.90. The third kappa shape index (κ3) is 3.67. The molecule has 3 nitrogen and oxygen atoms in total. The minimum atomic E-state index is 0.117. The Morgan fingerprint density at radius 3 is 2.88 bits per heavy atom. The van der Waals surface area contributed by atoms with E-state index in [0.29, 0.717) is 12.0 Å². The lowest BCUT2D eigenvalue weighted by atomic mass is 10.0. The van der Waals surface area contributed by atoms with E-state index in [-0.39, 0.29) is 5.60 Å². The first-order chi connectivity index (χ1) is 8.09. The van der Waals surface area contributed by atoms with Crippen molar-refractivity contribution in [1.82, 2.24) is 10.2 Å². The van der Waals surface area contributed by atoms with Gasteiger partial charge in [-0.1, -0.05) is 13.8 Å². The van der Waals surface area contributed by atoms with Gasteiger partial charge >= 0.3 is 0 Å². The maximum absolute atomic E-state index is 5.92. The third-order valence-corrected chi connectivity index (χ3v) is 4.18. The SMILES string of the molecule is CC(C)C1CN(CC2(C)CCCO2)CCCN1. The summed E-state index contributed by atoms with van der Waals surface area (Å²) in [5, 5.41) is 3.67. The van der Waals surface area contributed by atoms with Crippen LogP contribution in [0.3, 0.4) is 0 Å². The van der Waals surface area contributed by atoms with Crippen LogP contribution in [0.2, 0.25) is 0 Å². The van der Waals surface area contributed by atoms with Crippen molar-refractivity contribution in [2.45, 2.75) is 51.7 Å². The van der Waals surface area contributed by atoms with E-state index < -0.39 is 0 Å². The third-order valence-electron chi connectivity index (χ3n) is 4.18. The average Bonchev–Trinajstić information content (AvgIpc) is 2.55. The van der Waals surface area contributed by atoms with Crippen molar-refractivity contribution in [2.24, 2.45) is 5.92 Å². The zero-order valence-electron chi connectivity index (χ0n) is 11.7. The summed E-state index contributed by atoms with van der Waals surface area (Å²) < 4.78 is 5.92. The van der Waals surface area contributed by atoms with Gasteiger partial charge in [0.2, 0.25) is 0 Å². The van der Waals surface area contributed by atoms with Crippen molar-refractivity contribution in [1.29, 1.82) is 0 Å². The molecule has 2 saturated heterocycles. The second kappa shape index (κ2) is 5.68. The van der Waals surface area contributed by atoms with E-state index in [4.69, 9.17) is 4.74 Å². The van der Waals surface area contributed by atoms with Gasteiger partial charge in [0, 0.05) is 25.7 Å². The summed E-state index contributed by atoms with van der Waals surface area (Å²) in [7, 11) is 0. The minimum Gasteiger partial charge on any atom is -0.374 e. The molecule has 0 aromatic carbocycles. The van der Waals surface area contributed by atoms with Crippen molar-refractivity contribution >= 4 is 0 Å². The standard InChI is InChI=1S/C14H28N2O/c1-12(2)13-10-16(8-5-7-15-13)11-14(3)6-4-9-17-14/h12-13,15H,4-11H2,1-3H3. The molecule has 2 unspecified atom stereocenters. The molecule has 0 spiro atoms. The topological polar surface area (TPSA) is 24.5 Å². The smallest absolute Gasteiger partial charge is 0.0781 e. The molecule has 0 aromatic rings. The fourth-order valence-corrected chi connectivity index (χ4v) is 3.05. The van der Waals surface area contributed by atoms with Crippen LogP contribution in [0.1, 0.15) is 40.0 Å². The van der Waals surface area contributed by atoms with Crippen LogP contribution in [-0.2, 0) is 4.74 Å². The Bertz CT molecular complexity index is 236. The van der Waals surface area contributed by atoms with E-state index in [2.05, 4.69) is 31.0 Å². The van der Waals surface area contributed by atoms with Gasteiger partial charge in [0.05, 0.1) is 5.60 Å². The summed E-state index contributed by atoms with van der Waals surface area (Å²) in [5.41, 5.74) is 0.117. The summed E-state index contributed by atoms with van der Waals surface area (Å²) in [6.07, 6.45) is 3.72. The molecule has 100 valence electrons. The predicted octanol–water partition coefficient (Wildman–Crippen LogP) is 1.88. The van der Waals surface area contributed by atoms with Gasteiger partial charge in [-0.05, 0) is 45.2 Å². The lowest BCUT2D eigenvalue weighted by molar-refractivity contribution is -0.00984. The summed E-state index contributed by atoms with van der Waals surface area (Å²) in [6, 6.07) is 0.641. The molecular weight excluding hydrogens is 212 g/mol. The van der Waals surface area contributed by atoms with Gasteiger partial charge in [-0.2, -0.15) is 0 Å². The molecule has 0 radical (unpaired) electrons. The Morgan fingerprint density at radius 2 is 2.24 bits per heavy atom. The Morgan fingerprint density at radius 1 is 1.41 bits per heavy atom. The molecule has 2 aliphatic heterocycles. The fourth-order valence-electron chi connectivity index (χ4n) is 3.05. The maximum Gasteiger partial charge on any atom is 0.0781 e. The average molecular weight is 240 g/mol. The monoisotopic (exact) mass is 240 g/mol. The molecule has 17 heavy (non-hydrogen) atoms. The van der Waals surface area contributed by atoms with Gasteiger partial charge in [0.15, 0.2) is 0 Å². The molecular formula is C14H28N2O. The van der Waals surface area contributed by atoms with Crippen molar-refractivity contribution < 1.29 is 4.74 Å². The first-order valence-electron chi connectivity index (χ1n) is 7.19. The Labute approximate surface area is 106 Å². The molecule has 2 fully saturated rings. The molecule has 1 N–H and O–H groups in total. The number of nitrogens with one attached hydrogen (secondary N) is 1. The highest BCUT2D eigenvalue weighted by Crippen LogP contribution is 2.26. The summed E-state index contributed by atoms with van der Waals surface area (Å²) in [6.45, 7) is 12.5. The highest BCUT2D eigenvalue weighted by atomic mass is 16.5. The van der Waals surface area contributed by atoms with Crippen LogP contribution >= 0.6 is 0 Å². The maximum atomic E-state index is 5.92. The molecule has 0 amide bonds. The zero-order valence-corrected chi connectivity index (χ0v) is 11.7. The first-order valence-corrected chi connectivity index (χ1v) is 7.19. The van der Waals surface area contributed by atoms with Crippen LogP contribution in [0.25, 0.3) is 0 Å². The van der Waals surface area contributed by atoms with Crippen LogP contribution in [-0.4, -0.2) is 49.3 Å². The van der Waals surface area contributed by atoms with E-state index in [0.717, 1.165) is 19.7 Å². The molecule has 2 rings (SSSR count). The molecule has 0 aliphatic carbocycles. The summed E-state index contributed by atoms with van der Waals surface area (Å²) in [5.74, 6) is 0.716. The van der Waals surface area contributed by atoms with Crippen LogP contribution < -0.4 is 5.32 Å². The van der Waals surface area contributed by atoms with E-state index in [1.165, 1.54) is 32.4 Å². The van der Waals surface area contributed by atoms with Gasteiger partial charge in [0.1, 0.15) is 0 Å². The summed E-state index contributed by atoms with van der Waals surface area (Å²) >= 11 is 0. The molecule has 2 heterocycles. The predicted molar refractivity (Wildman–Crippen MR) is 71.3 cm³/mol. The molecule has 2 aliphatic rings. The van der Waals surface area contributed by atoms with Gasteiger partial charge < -0.3 is 10.1 Å². The molecule has 2 atom stereocenters. The number of rotatable bonds is 3. The molecule has 3 heteroatoms. The van der Waals surface area contributed by atoms with Gasteiger partial charge in [-0.15, -0.1) is 0 Å². The molecule has 0 aromatic heterocycles. The van der Waals surface area contributed by atoms with Gasteiger partial charge in [-0.25, -0.2) is 0 Å². The van der Waals surface area contributed by atoms with E-state index in [1.807, 2.05) is 0 Å². The van der Waals surface area contributed by atoms with Crippen LogP contribution in [0.4, 0.5) is 0 Å². The normalized spacial score (nSPS) is 36.4. The largest absolute Gasteiger partial charge is 0.374 e. The van der Waals surface area contributed by atoms with Gasteiger partial charge in [-0.3, -0.25) is 4.90 Å². The number of ether oxygens (including phenoxy) is 1. The van der Waals surface area contributed by atoms with E-state index in [1.54, 1.807) is 0 Å². The number of nitrogens with zero attached hydrogens (tertiary/aromatic N) is 1. The first kappa shape index (κ1) is 13.3. The van der Waals surface area contributed by atoms with E-state index >= 15 is 0 Å². The van der Waals surface area contributed by atoms with Crippen molar-refractivity contribution in [3.8, 4) is 0 Å². The zero-order chi connectivity index (χ0) is 12.3. The fraction of sp³-hybridized carbons (Fsp3) is 1.00. The van der Waals surface area contributed by atoms with Crippen molar-refractivity contribution in [3.63, 3.8) is 0 Å². The lowest BCUT2D eigenvalue weighted by Gasteiger charge is -2.33. The van der Waals surface area contributed by atoms with Crippen LogP contribution in [0, 0.1) is 5.92 Å². The van der Waals surface area contributed by atoms with Crippen LogP contribution in [0.15, 0.2) is 0 Å².